The van der Waals surface area contributed by atoms with Crippen LogP contribution in [0.2, 0.25) is 0 Å². The summed E-state index contributed by atoms with van der Waals surface area (Å²) in [5.41, 5.74) is 0. The number of hydrogen-bond acceptors (Lipinski definition) is 4. The summed E-state index contributed by atoms with van der Waals surface area (Å²) >= 11 is 6.43. The van der Waals surface area contributed by atoms with E-state index >= 15 is 0 Å². The van der Waals surface area contributed by atoms with Crippen LogP contribution >= 0.6 is 39.0 Å². The molecule has 2 unspecified atom stereocenters. The molecule has 0 spiro atoms. The number of thiophene rings is 1. The van der Waals surface area contributed by atoms with Crippen molar-refractivity contribution in [2.45, 2.75) is 31.3 Å². The Balaban J connectivity index is 2.00. The standard InChI is InChI=1S/C12H15BrN2O3S2/c1-2-10-15(9(6-20-10)11(16)17)12(18)14-4-8-3-7(13)5-19-8/h3,5,9-10H,2,4,6H2,1H3,(H,14,18)(H,16,17). The van der Waals surface area contributed by atoms with Gasteiger partial charge in [-0.1, -0.05) is 6.92 Å². The molecule has 1 aliphatic heterocycles. The summed E-state index contributed by atoms with van der Waals surface area (Å²) in [4.78, 5) is 25.9. The van der Waals surface area contributed by atoms with Crippen molar-refractivity contribution < 1.29 is 14.7 Å². The lowest BCUT2D eigenvalue weighted by Crippen LogP contribution is -2.49. The largest absolute Gasteiger partial charge is 0.480 e. The zero-order chi connectivity index (χ0) is 14.7. The molecule has 1 aliphatic rings. The zero-order valence-electron chi connectivity index (χ0n) is 10.8. The van der Waals surface area contributed by atoms with Crippen molar-refractivity contribution in [1.82, 2.24) is 10.2 Å². The maximum Gasteiger partial charge on any atom is 0.327 e. The fraction of sp³-hybridized carbons (Fsp3) is 0.500. The molecule has 2 heterocycles. The van der Waals surface area contributed by atoms with Gasteiger partial charge in [0.2, 0.25) is 0 Å². The molecule has 0 aliphatic carbocycles. The first-order valence-electron chi connectivity index (χ1n) is 6.16. The molecule has 0 radical (unpaired) electrons. The molecular formula is C12H15BrN2O3S2. The quantitative estimate of drug-likeness (QED) is 0.844. The summed E-state index contributed by atoms with van der Waals surface area (Å²) in [6.07, 6.45) is 0.742. The van der Waals surface area contributed by atoms with Crippen molar-refractivity contribution in [3.05, 3.63) is 20.8 Å². The van der Waals surface area contributed by atoms with Crippen LogP contribution in [0.1, 0.15) is 18.2 Å². The number of carboxylic acid groups (broad SMARTS) is 1. The summed E-state index contributed by atoms with van der Waals surface area (Å²) in [5, 5.41) is 13.9. The van der Waals surface area contributed by atoms with Crippen LogP contribution in [0.15, 0.2) is 15.9 Å². The third kappa shape index (κ3) is 3.48. The molecular weight excluding hydrogens is 364 g/mol. The molecule has 1 aromatic heterocycles. The van der Waals surface area contributed by atoms with E-state index in [1.165, 1.54) is 16.7 Å². The molecule has 2 N–H and O–H groups in total. The molecule has 1 aromatic rings. The van der Waals surface area contributed by atoms with E-state index in [1.807, 2.05) is 18.4 Å². The lowest BCUT2D eigenvalue weighted by molar-refractivity contribution is -0.141. The number of carbonyl (C=O) groups excluding carboxylic acids is 1. The number of carboxylic acids is 1. The van der Waals surface area contributed by atoms with Gasteiger partial charge in [0, 0.05) is 20.5 Å². The molecule has 8 heteroatoms. The minimum absolute atomic E-state index is 0.0637. The highest BCUT2D eigenvalue weighted by Gasteiger charge is 2.40. The summed E-state index contributed by atoms with van der Waals surface area (Å²) in [6, 6.07) is 0.897. The average molecular weight is 379 g/mol. The Morgan fingerprint density at radius 2 is 2.35 bits per heavy atom. The van der Waals surface area contributed by atoms with Crippen LogP contribution in [0, 0.1) is 0 Å². The van der Waals surface area contributed by atoms with E-state index in [0.29, 0.717) is 12.3 Å². The smallest absolute Gasteiger partial charge is 0.327 e. The lowest BCUT2D eigenvalue weighted by atomic mass is 10.3. The highest BCUT2D eigenvalue weighted by Crippen LogP contribution is 2.31. The van der Waals surface area contributed by atoms with Gasteiger partial charge in [-0.25, -0.2) is 9.59 Å². The first-order valence-corrected chi connectivity index (χ1v) is 8.88. The molecule has 0 saturated carbocycles. The minimum Gasteiger partial charge on any atom is -0.480 e. The van der Waals surface area contributed by atoms with Crippen LogP contribution < -0.4 is 5.32 Å². The Morgan fingerprint density at radius 3 is 2.90 bits per heavy atom. The van der Waals surface area contributed by atoms with Gasteiger partial charge in [0.1, 0.15) is 6.04 Å². The summed E-state index contributed by atoms with van der Waals surface area (Å²) in [5.74, 6) is -0.492. The molecule has 5 nitrogen and oxygen atoms in total. The third-order valence-corrected chi connectivity index (χ3v) is 6.15. The van der Waals surface area contributed by atoms with Gasteiger partial charge >= 0.3 is 12.0 Å². The normalized spacial score (nSPS) is 22.0. The molecule has 0 bridgehead atoms. The van der Waals surface area contributed by atoms with Crippen molar-refractivity contribution in [1.29, 1.82) is 0 Å². The Kier molecular flexibility index (Phi) is 5.34. The van der Waals surface area contributed by atoms with Gasteiger partial charge in [-0.2, -0.15) is 0 Å². The van der Waals surface area contributed by atoms with E-state index in [0.717, 1.165) is 15.8 Å². The van der Waals surface area contributed by atoms with Crippen molar-refractivity contribution >= 4 is 51.0 Å². The van der Waals surface area contributed by atoms with E-state index in [2.05, 4.69) is 21.2 Å². The Morgan fingerprint density at radius 1 is 1.60 bits per heavy atom. The van der Waals surface area contributed by atoms with Crippen molar-refractivity contribution in [2.75, 3.05) is 5.75 Å². The van der Waals surface area contributed by atoms with Crippen molar-refractivity contribution in [3.8, 4) is 0 Å². The molecule has 1 fully saturated rings. The van der Waals surface area contributed by atoms with Crippen LogP contribution in [0.3, 0.4) is 0 Å². The highest BCUT2D eigenvalue weighted by molar-refractivity contribution is 9.10. The Hall–Kier alpha value is -0.730. The van der Waals surface area contributed by atoms with Gasteiger partial charge in [-0.3, -0.25) is 4.90 Å². The van der Waals surface area contributed by atoms with Crippen LogP contribution in [0.4, 0.5) is 4.79 Å². The number of aliphatic carboxylic acids is 1. The first-order chi connectivity index (χ1) is 9.52. The lowest BCUT2D eigenvalue weighted by Gasteiger charge is -2.26. The maximum atomic E-state index is 12.2. The Labute approximate surface area is 133 Å². The van der Waals surface area contributed by atoms with Crippen LogP contribution in [0.5, 0.6) is 0 Å². The molecule has 2 atom stereocenters. The van der Waals surface area contributed by atoms with Gasteiger partial charge in [0.25, 0.3) is 0 Å². The molecule has 0 aromatic carbocycles. The van der Waals surface area contributed by atoms with Gasteiger partial charge in [0.15, 0.2) is 0 Å². The molecule has 110 valence electrons. The molecule has 2 amide bonds. The average Bonchev–Trinajstić information content (AvgIpc) is 3.01. The van der Waals surface area contributed by atoms with Gasteiger partial charge in [-0.05, 0) is 28.4 Å². The highest BCUT2D eigenvalue weighted by atomic mass is 79.9. The minimum atomic E-state index is -0.942. The van der Waals surface area contributed by atoms with Crippen molar-refractivity contribution in [3.63, 3.8) is 0 Å². The van der Waals surface area contributed by atoms with E-state index in [1.54, 1.807) is 11.3 Å². The maximum absolute atomic E-state index is 12.2. The number of thioether (sulfide) groups is 1. The predicted octanol–water partition coefficient (Wildman–Crippen LogP) is 2.96. The second-order valence-electron chi connectivity index (χ2n) is 4.35. The number of urea groups is 1. The van der Waals surface area contributed by atoms with Gasteiger partial charge in [0.05, 0.1) is 11.9 Å². The monoisotopic (exact) mass is 378 g/mol. The van der Waals surface area contributed by atoms with Gasteiger partial charge < -0.3 is 10.4 Å². The van der Waals surface area contributed by atoms with E-state index in [-0.39, 0.29) is 11.4 Å². The number of hydrogen-bond donors (Lipinski definition) is 2. The summed E-state index contributed by atoms with van der Waals surface area (Å²) in [6.45, 7) is 2.37. The summed E-state index contributed by atoms with van der Waals surface area (Å²) < 4.78 is 0.985. The van der Waals surface area contributed by atoms with Crippen LogP contribution in [-0.4, -0.2) is 39.2 Å². The van der Waals surface area contributed by atoms with Crippen LogP contribution in [0.25, 0.3) is 0 Å². The van der Waals surface area contributed by atoms with E-state index in [4.69, 9.17) is 0 Å². The fourth-order valence-electron chi connectivity index (χ4n) is 2.04. The number of amides is 2. The topological polar surface area (TPSA) is 69.6 Å². The number of halogens is 1. The second-order valence-corrected chi connectivity index (χ2v) is 7.47. The van der Waals surface area contributed by atoms with E-state index in [9.17, 15) is 14.7 Å². The fourth-order valence-corrected chi connectivity index (χ4v) is 4.78. The number of rotatable bonds is 4. The second kappa shape index (κ2) is 6.82. The third-order valence-electron chi connectivity index (χ3n) is 3.00. The SMILES string of the molecule is CCC1SCC(C(=O)O)N1C(=O)NCc1cc(Br)cs1. The van der Waals surface area contributed by atoms with Crippen LogP contribution in [-0.2, 0) is 11.3 Å². The number of nitrogens with zero attached hydrogens (tertiary/aromatic N) is 1. The Bertz CT molecular complexity index is 509. The van der Waals surface area contributed by atoms with E-state index < -0.39 is 12.0 Å². The molecule has 1 saturated heterocycles. The van der Waals surface area contributed by atoms with Crippen molar-refractivity contribution in [2.24, 2.45) is 0 Å². The molecule has 2 rings (SSSR count). The number of carbonyl (C=O) groups is 2. The number of nitrogens with one attached hydrogen (secondary N) is 1. The first kappa shape index (κ1) is 15.7. The zero-order valence-corrected chi connectivity index (χ0v) is 14.1. The predicted molar refractivity (Wildman–Crippen MR) is 84.1 cm³/mol. The molecule has 20 heavy (non-hydrogen) atoms. The summed E-state index contributed by atoms with van der Waals surface area (Å²) in [7, 11) is 0. The van der Waals surface area contributed by atoms with Gasteiger partial charge in [-0.15, -0.1) is 23.1 Å².